The van der Waals surface area contributed by atoms with Gasteiger partial charge < -0.3 is 10.2 Å². The Bertz CT molecular complexity index is 627. The lowest BCUT2D eigenvalue weighted by atomic mass is 9.97. The molecule has 2 fully saturated rings. The molecule has 0 aliphatic carbocycles. The number of hydrogen-bond acceptors (Lipinski definition) is 3. The number of piperidine rings is 2. The van der Waals surface area contributed by atoms with Gasteiger partial charge in [-0.05, 0) is 64.5 Å². The maximum Gasteiger partial charge on any atom is 0.417 e. The van der Waals surface area contributed by atoms with Crippen molar-refractivity contribution in [2.24, 2.45) is 0 Å². The second-order valence-corrected chi connectivity index (χ2v) is 7.39. The zero-order valence-electron chi connectivity index (χ0n) is 15.1. The maximum atomic E-state index is 13.1. The second-order valence-electron chi connectivity index (χ2n) is 7.39. The average molecular weight is 369 g/mol. The van der Waals surface area contributed by atoms with Gasteiger partial charge in [0.2, 0.25) is 0 Å². The quantitative estimate of drug-likeness (QED) is 0.890. The fraction of sp³-hybridized carbons (Fsp3) is 0.632. The van der Waals surface area contributed by atoms with Crippen LogP contribution < -0.4 is 5.32 Å². The lowest BCUT2D eigenvalue weighted by molar-refractivity contribution is -0.137. The van der Waals surface area contributed by atoms with E-state index in [2.05, 4.69) is 22.2 Å². The normalized spacial score (nSPS) is 23.8. The minimum absolute atomic E-state index is 0.0998. The van der Waals surface area contributed by atoms with Gasteiger partial charge in [0.15, 0.2) is 0 Å². The molecule has 7 heteroatoms. The molecule has 3 rings (SSSR count). The number of nitrogens with one attached hydrogen (secondary N) is 1. The van der Waals surface area contributed by atoms with Gasteiger partial charge >= 0.3 is 6.18 Å². The third-order valence-electron chi connectivity index (χ3n) is 5.47. The molecule has 0 saturated carbocycles. The number of carbonyl (C=O) groups excluding carboxylic acids is 1. The fourth-order valence-corrected chi connectivity index (χ4v) is 4.01. The number of rotatable bonds is 3. The molecule has 1 aromatic carbocycles. The summed E-state index contributed by atoms with van der Waals surface area (Å²) in [6.07, 6.45) is -0.552. The van der Waals surface area contributed by atoms with Crippen LogP contribution in [0.4, 0.5) is 13.2 Å². The molecule has 2 aliphatic heterocycles. The molecule has 1 aromatic rings. The first-order valence-electron chi connectivity index (χ1n) is 9.24. The van der Waals surface area contributed by atoms with Crippen molar-refractivity contribution in [2.45, 2.75) is 43.9 Å². The Balaban J connectivity index is 1.63. The summed E-state index contributed by atoms with van der Waals surface area (Å²) in [4.78, 5) is 17.2. The highest BCUT2D eigenvalue weighted by Crippen LogP contribution is 2.32. The van der Waals surface area contributed by atoms with Crippen LogP contribution >= 0.6 is 0 Å². The van der Waals surface area contributed by atoms with Gasteiger partial charge in [0.25, 0.3) is 5.91 Å². The van der Waals surface area contributed by atoms with Gasteiger partial charge in [-0.15, -0.1) is 0 Å². The van der Waals surface area contributed by atoms with Crippen LogP contribution in [0.15, 0.2) is 24.3 Å². The number of amides is 1. The van der Waals surface area contributed by atoms with Gasteiger partial charge in [0.1, 0.15) is 0 Å². The van der Waals surface area contributed by atoms with Gasteiger partial charge in [0.05, 0.1) is 11.1 Å². The Hall–Kier alpha value is -1.60. The molecule has 144 valence electrons. The first-order chi connectivity index (χ1) is 12.3. The van der Waals surface area contributed by atoms with E-state index in [0.29, 0.717) is 12.6 Å². The Morgan fingerprint density at radius 2 is 1.81 bits per heavy atom. The van der Waals surface area contributed by atoms with E-state index in [4.69, 9.17) is 0 Å². The fourth-order valence-electron chi connectivity index (χ4n) is 4.01. The van der Waals surface area contributed by atoms with Crippen LogP contribution in [-0.4, -0.2) is 61.0 Å². The second kappa shape index (κ2) is 7.96. The third kappa shape index (κ3) is 4.57. The van der Waals surface area contributed by atoms with E-state index >= 15 is 0 Å². The predicted octanol–water partition coefficient (Wildman–Crippen LogP) is 2.99. The van der Waals surface area contributed by atoms with Crippen LogP contribution in [0.25, 0.3) is 0 Å². The molecule has 2 saturated heterocycles. The monoisotopic (exact) mass is 369 g/mol. The molecule has 1 N–H and O–H groups in total. The third-order valence-corrected chi connectivity index (χ3v) is 5.47. The predicted molar refractivity (Wildman–Crippen MR) is 94.0 cm³/mol. The van der Waals surface area contributed by atoms with Crippen molar-refractivity contribution in [3.63, 3.8) is 0 Å². The largest absolute Gasteiger partial charge is 0.417 e. The van der Waals surface area contributed by atoms with Crippen molar-refractivity contribution in [3.05, 3.63) is 35.4 Å². The summed E-state index contributed by atoms with van der Waals surface area (Å²) >= 11 is 0. The number of carbonyl (C=O) groups is 1. The molecular formula is C19H26F3N3O. The van der Waals surface area contributed by atoms with E-state index < -0.39 is 17.6 Å². The van der Waals surface area contributed by atoms with Crippen LogP contribution in [0.2, 0.25) is 0 Å². The van der Waals surface area contributed by atoms with Crippen LogP contribution in [0, 0.1) is 0 Å². The lowest BCUT2D eigenvalue weighted by Gasteiger charge is -2.41. The summed E-state index contributed by atoms with van der Waals surface area (Å²) in [6.45, 7) is 3.85. The lowest BCUT2D eigenvalue weighted by Crippen LogP contribution is -2.53. The molecule has 0 radical (unpaired) electrons. The zero-order chi connectivity index (χ0) is 18.7. The van der Waals surface area contributed by atoms with Crippen molar-refractivity contribution < 1.29 is 18.0 Å². The zero-order valence-corrected chi connectivity index (χ0v) is 15.1. The number of hydrogen-bond donors (Lipinski definition) is 1. The van der Waals surface area contributed by atoms with Gasteiger partial charge in [-0.1, -0.05) is 12.1 Å². The van der Waals surface area contributed by atoms with Gasteiger partial charge in [-0.2, -0.15) is 13.2 Å². The van der Waals surface area contributed by atoms with Crippen molar-refractivity contribution in [1.29, 1.82) is 0 Å². The SMILES string of the molecule is CN1CCC(N2CCC[C@@H](NC(=O)c3ccccc3C(F)(F)F)C2)CC1. The highest BCUT2D eigenvalue weighted by atomic mass is 19.4. The van der Waals surface area contributed by atoms with Crippen LogP contribution in [0.1, 0.15) is 41.6 Å². The average Bonchev–Trinajstić information content (AvgIpc) is 2.62. The first kappa shape index (κ1) is 19.2. The summed E-state index contributed by atoms with van der Waals surface area (Å²) < 4.78 is 39.4. The Morgan fingerprint density at radius 3 is 2.50 bits per heavy atom. The van der Waals surface area contributed by atoms with Crippen molar-refractivity contribution in [2.75, 3.05) is 33.2 Å². The molecule has 4 nitrogen and oxygen atoms in total. The van der Waals surface area contributed by atoms with Crippen molar-refractivity contribution >= 4 is 5.91 Å². The molecule has 2 aliphatic rings. The van der Waals surface area contributed by atoms with Crippen molar-refractivity contribution in [1.82, 2.24) is 15.1 Å². The molecule has 0 aromatic heterocycles. The van der Waals surface area contributed by atoms with Gasteiger partial charge in [-0.25, -0.2) is 0 Å². The van der Waals surface area contributed by atoms with E-state index in [1.165, 1.54) is 18.2 Å². The Labute approximate surface area is 152 Å². The smallest absolute Gasteiger partial charge is 0.348 e. The van der Waals surface area contributed by atoms with E-state index in [-0.39, 0.29) is 11.6 Å². The minimum atomic E-state index is -4.53. The van der Waals surface area contributed by atoms with E-state index in [1.807, 2.05) is 0 Å². The molecule has 1 atom stereocenters. The highest BCUT2D eigenvalue weighted by molar-refractivity contribution is 5.96. The van der Waals surface area contributed by atoms with Crippen molar-refractivity contribution in [3.8, 4) is 0 Å². The number of halogens is 3. The summed E-state index contributed by atoms with van der Waals surface area (Å²) in [5.74, 6) is -0.631. The summed E-state index contributed by atoms with van der Waals surface area (Å²) in [6, 6.07) is 5.39. The van der Waals surface area contributed by atoms with E-state index in [0.717, 1.165) is 51.4 Å². The number of alkyl halides is 3. The summed E-state index contributed by atoms with van der Waals surface area (Å²) in [5, 5.41) is 2.83. The minimum Gasteiger partial charge on any atom is -0.348 e. The molecule has 1 amide bonds. The van der Waals surface area contributed by atoms with Gasteiger partial charge in [-0.3, -0.25) is 9.69 Å². The van der Waals surface area contributed by atoms with E-state index in [9.17, 15) is 18.0 Å². The number of likely N-dealkylation sites (tertiary alicyclic amines) is 2. The van der Waals surface area contributed by atoms with Crippen LogP contribution in [0.5, 0.6) is 0 Å². The first-order valence-corrected chi connectivity index (χ1v) is 9.24. The molecule has 0 spiro atoms. The Morgan fingerprint density at radius 1 is 1.12 bits per heavy atom. The summed E-state index contributed by atoms with van der Waals surface area (Å²) in [7, 11) is 2.12. The van der Waals surface area contributed by atoms with Gasteiger partial charge in [0, 0.05) is 18.6 Å². The molecule has 2 heterocycles. The standard InChI is InChI=1S/C19H26F3N3O/c1-24-11-8-15(9-12-24)25-10-4-5-14(13-25)23-18(26)16-6-2-3-7-17(16)19(20,21)22/h2-3,6-7,14-15H,4-5,8-13H2,1H3,(H,23,26)/t14-/m1/s1. The number of benzene rings is 1. The Kier molecular flexibility index (Phi) is 5.87. The van der Waals surface area contributed by atoms with Crippen LogP contribution in [0.3, 0.4) is 0 Å². The molecule has 0 bridgehead atoms. The molecule has 0 unspecified atom stereocenters. The molecule has 26 heavy (non-hydrogen) atoms. The molecular weight excluding hydrogens is 343 g/mol. The highest BCUT2D eigenvalue weighted by Gasteiger charge is 2.35. The van der Waals surface area contributed by atoms with Crippen LogP contribution in [-0.2, 0) is 6.18 Å². The topological polar surface area (TPSA) is 35.6 Å². The number of nitrogens with zero attached hydrogens (tertiary/aromatic N) is 2. The summed E-state index contributed by atoms with van der Waals surface area (Å²) in [5.41, 5.74) is -1.17. The van der Waals surface area contributed by atoms with E-state index in [1.54, 1.807) is 0 Å². The maximum absolute atomic E-state index is 13.1.